The summed E-state index contributed by atoms with van der Waals surface area (Å²) < 4.78 is 0. The molecule has 0 unspecified atom stereocenters. The summed E-state index contributed by atoms with van der Waals surface area (Å²) >= 11 is 0. The van der Waals surface area contributed by atoms with Crippen molar-refractivity contribution in [3.05, 3.63) is 15.9 Å². The molecule has 5 heteroatoms. The van der Waals surface area contributed by atoms with Crippen molar-refractivity contribution in [2.24, 2.45) is 5.92 Å². The van der Waals surface area contributed by atoms with Crippen molar-refractivity contribution in [2.75, 3.05) is 11.1 Å². The van der Waals surface area contributed by atoms with E-state index < -0.39 is 0 Å². The monoisotopic (exact) mass is 192 g/mol. The Bertz CT molecular complexity index is 435. The third kappa shape index (κ3) is 1.08. The Hall–Kier alpha value is -1.52. The van der Waals surface area contributed by atoms with Crippen molar-refractivity contribution in [3.63, 3.8) is 0 Å². The van der Waals surface area contributed by atoms with E-state index in [1.165, 1.54) is 12.8 Å². The third-order valence-electron chi connectivity index (χ3n) is 2.97. The van der Waals surface area contributed by atoms with Crippen molar-refractivity contribution in [2.45, 2.75) is 25.3 Å². The number of hydrogen-bond acceptors (Lipinski definition) is 4. The van der Waals surface area contributed by atoms with E-state index in [9.17, 15) is 4.79 Å². The summed E-state index contributed by atoms with van der Waals surface area (Å²) in [5, 5.41) is 3.27. The minimum absolute atomic E-state index is 0.0943. The van der Waals surface area contributed by atoms with Gasteiger partial charge in [-0.25, -0.2) is 0 Å². The molecule has 14 heavy (non-hydrogen) atoms. The van der Waals surface area contributed by atoms with E-state index in [1.54, 1.807) is 0 Å². The highest BCUT2D eigenvalue weighted by atomic mass is 16.1. The standard InChI is InChI=1S/C9H12N4O/c10-9-12-7-5(8(14)13-9)3-6(11-7)4-1-2-4/h4,6H,1-3H2,(H4,10,11,12,13,14)/t6-/m1/s1. The van der Waals surface area contributed by atoms with Gasteiger partial charge in [0.15, 0.2) is 0 Å². The van der Waals surface area contributed by atoms with Crippen LogP contribution in [0.2, 0.25) is 0 Å². The maximum absolute atomic E-state index is 11.5. The maximum atomic E-state index is 11.5. The summed E-state index contributed by atoms with van der Waals surface area (Å²) in [5.41, 5.74) is 6.13. The van der Waals surface area contributed by atoms with Crippen molar-refractivity contribution in [3.8, 4) is 0 Å². The zero-order chi connectivity index (χ0) is 9.71. The topological polar surface area (TPSA) is 83.8 Å². The van der Waals surface area contributed by atoms with Crippen LogP contribution >= 0.6 is 0 Å². The lowest BCUT2D eigenvalue weighted by atomic mass is 10.1. The molecular formula is C9H12N4O. The molecule has 1 aliphatic carbocycles. The molecule has 2 heterocycles. The van der Waals surface area contributed by atoms with Crippen LogP contribution in [0.25, 0.3) is 0 Å². The van der Waals surface area contributed by atoms with Gasteiger partial charge in [0.25, 0.3) is 5.56 Å². The van der Waals surface area contributed by atoms with E-state index in [-0.39, 0.29) is 11.5 Å². The van der Waals surface area contributed by atoms with Crippen LogP contribution in [0.1, 0.15) is 18.4 Å². The molecule has 2 aliphatic rings. The van der Waals surface area contributed by atoms with Gasteiger partial charge in [-0.1, -0.05) is 0 Å². The summed E-state index contributed by atoms with van der Waals surface area (Å²) in [4.78, 5) is 18.1. The van der Waals surface area contributed by atoms with Crippen LogP contribution in [-0.2, 0) is 6.42 Å². The highest BCUT2D eigenvalue weighted by Gasteiger charge is 2.36. The number of nitrogen functional groups attached to an aromatic ring is 1. The number of nitrogens with zero attached hydrogens (tertiary/aromatic N) is 1. The molecule has 0 radical (unpaired) electrons. The van der Waals surface area contributed by atoms with Crippen LogP contribution in [-0.4, -0.2) is 16.0 Å². The smallest absolute Gasteiger partial charge is 0.257 e. The number of H-pyrrole nitrogens is 1. The van der Waals surface area contributed by atoms with E-state index >= 15 is 0 Å². The average molecular weight is 192 g/mol. The molecule has 1 atom stereocenters. The van der Waals surface area contributed by atoms with Gasteiger partial charge in [-0.15, -0.1) is 0 Å². The highest BCUT2D eigenvalue weighted by molar-refractivity contribution is 5.52. The number of nitrogens with two attached hydrogens (primary N) is 1. The molecule has 74 valence electrons. The van der Waals surface area contributed by atoms with Crippen LogP contribution in [0.15, 0.2) is 4.79 Å². The van der Waals surface area contributed by atoms with Gasteiger partial charge in [0, 0.05) is 12.5 Å². The average Bonchev–Trinajstić information content (AvgIpc) is 2.87. The minimum atomic E-state index is -0.0943. The quantitative estimate of drug-likeness (QED) is 0.589. The highest BCUT2D eigenvalue weighted by Crippen LogP contribution is 2.38. The Morgan fingerprint density at radius 2 is 2.21 bits per heavy atom. The molecule has 1 fully saturated rings. The molecule has 1 aliphatic heterocycles. The Labute approximate surface area is 80.7 Å². The number of nitrogens with one attached hydrogen (secondary N) is 2. The van der Waals surface area contributed by atoms with Gasteiger partial charge in [-0.3, -0.25) is 9.78 Å². The van der Waals surface area contributed by atoms with Crippen LogP contribution in [0.4, 0.5) is 11.8 Å². The molecule has 0 aromatic carbocycles. The second kappa shape index (κ2) is 2.50. The zero-order valence-corrected chi connectivity index (χ0v) is 7.71. The van der Waals surface area contributed by atoms with E-state index in [2.05, 4.69) is 15.3 Å². The lowest BCUT2D eigenvalue weighted by Gasteiger charge is -2.07. The second-order valence-corrected chi connectivity index (χ2v) is 4.07. The molecule has 1 aromatic rings. The van der Waals surface area contributed by atoms with Crippen molar-refractivity contribution < 1.29 is 0 Å². The summed E-state index contributed by atoms with van der Waals surface area (Å²) in [5.74, 6) is 1.60. The number of rotatable bonds is 1. The van der Waals surface area contributed by atoms with Crippen molar-refractivity contribution in [1.29, 1.82) is 0 Å². The van der Waals surface area contributed by atoms with E-state index in [0.717, 1.165) is 17.9 Å². The first-order valence-corrected chi connectivity index (χ1v) is 4.89. The summed E-state index contributed by atoms with van der Waals surface area (Å²) in [6, 6.07) is 0.403. The molecule has 1 aromatic heterocycles. The molecule has 0 saturated heterocycles. The Kier molecular flexibility index (Phi) is 1.40. The SMILES string of the molecule is Nc1nc2c(c(=O)[nH]1)C[C@H](C1CC1)N2. The van der Waals surface area contributed by atoms with E-state index in [0.29, 0.717) is 11.9 Å². The largest absolute Gasteiger partial charge is 0.369 e. The van der Waals surface area contributed by atoms with Gasteiger partial charge in [-0.05, 0) is 18.8 Å². The van der Waals surface area contributed by atoms with Gasteiger partial charge in [0.1, 0.15) is 5.82 Å². The van der Waals surface area contributed by atoms with Crippen LogP contribution < -0.4 is 16.6 Å². The van der Waals surface area contributed by atoms with Gasteiger partial charge < -0.3 is 11.1 Å². The van der Waals surface area contributed by atoms with E-state index in [4.69, 9.17) is 5.73 Å². The second-order valence-electron chi connectivity index (χ2n) is 4.07. The molecule has 0 bridgehead atoms. The lowest BCUT2D eigenvalue weighted by Crippen LogP contribution is -2.18. The summed E-state index contributed by atoms with van der Waals surface area (Å²) in [6.07, 6.45) is 3.32. The van der Waals surface area contributed by atoms with Gasteiger partial charge in [0.2, 0.25) is 5.95 Å². The van der Waals surface area contributed by atoms with Crippen LogP contribution in [0.5, 0.6) is 0 Å². The number of anilines is 2. The van der Waals surface area contributed by atoms with E-state index in [1.807, 2.05) is 0 Å². The zero-order valence-electron chi connectivity index (χ0n) is 7.71. The fourth-order valence-electron chi connectivity index (χ4n) is 2.05. The number of aromatic amines is 1. The van der Waals surface area contributed by atoms with Crippen LogP contribution in [0.3, 0.4) is 0 Å². The van der Waals surface area contributed by atoms with Gasteiger partial charge in [0.05, 0.1) is 5.56 Å². The normalized spacial score (nSPS) is 24.4. The van der Waals surface area contributed by atoms with Gasteiger partial charge >= 0.3 is 0 Å². The molecule has 5 nitrogen and oxygen atoms in total. The maximum Gasteiger partial charge on any atom is 0.257 e. The van der Waals surface area contributed by atoms with Crippen LogP contribution in [0, 0.1) is 5.92 Å². The Morgan fingerprint density at radius 3 is 2.93 bits per heavy atom. The van der Waals surface area contributed by atoms with Gasteiger partial charge in [-0.2, -0.15) is 4.98 Å². The third-order valence-corrected chi connectivity index (χ3v) is 2.97. The number of fused-ring (bicyclic) bond motifs is 1. The first kappa shape index (κ1) is 7.84. The fraction of sp³-hybridized carbons (Fsp3) is 0.556. The molecule has 4 N–H and O–H groups in total. The van der Waals surface area contributed by atoms with Crippen molar-refractivity contribution >= 4 is 11.8 Å². The number of aromatic nitrogens is 2. The lowest BCUT2D eigenvalue weighted by molar-refractivity contribution is 0.657. The molecule has 1 saturated carbocycles. The fourth-order valence-corrected chi connectivity index (χ4v) is 2.05. The Morgan fingerprint density at radius 1 is 1.43 bits per heavy atom. The Balaban J connectivity index is 2.00. The van der Waals surface area contributed by atoms with Crippen molar-refractivity contribution in [1.82, 2.24) is 9.97 Å². The molecule has 3 rings (SSSR count). The predicted octanol–water partition coefficient (Wildman–Crippen LogP) is 0.0987. The minimum Gasteiger partial charge on any atom is -0.369 e. The molecular weight excluding hydrogens is 180 g/mol. The predicted molar refractivity (Wildman–Crippen MR) is 53.1 cm³/mol. The first-order valence-electron chi connectivity index (χ1n) is 4.89. The summed E-state index contributed by atoms with van der Waals surface area (Å²) in [7, 11) is 0. The molecule has 0 spiro atoms. The summed E-state index contributed by atoms with van der Waals surface area (Å²) in [6.45, 7) is 0. The molecule has 0 amide bonds. The number of hydrogen-bond donors (Lipinski definition) is 3. The first-order chi connectivity index (χ1) is 6.74.